The summed E-state index contributed by atoms with van der Waals surface area (Å²) >= 11 is 6.33. The van der Waals surface area contributed by atoms with Crippen molar-refractivity contribution in [2.45, 2.75) is 26.4 Å². The quantitative estimate of drug-likeness (QED) is 0.525. The number of nitrogens with zero attached hydrogens (tertiary/aromatic N) is 3. The number of ether oxygens (including phenoxy) is 2. The van der Waals surface area contributed by atoms with E-state index in [0.717, 1.165) is 35.7 Å². The van der Waals surface area contributed by atoms with Crippen molar-refractivity contribution in [3.05, 3.63) is 81.6 Å². The van der Waals surface area contributed by atoms with Crippen LogP contribution in [-0.4, -0.2) is 60.5 Å². The van der Waals surface area contributed by atoms with Gasteiger partial charge >= 0.3 is 0 Å². The zero-order valence-corrected chi connectivity index (χ0v) is 20.6. The lowest BCUT2D eigenvalue weighted by Crippen LogP contribution is -2.44. The molecule has 0 aliphatic carbocycles. The number of halogens is 1. The van der Waals surface area contributed by atoms with Gasteiger partial charge in [0, 0.05) is 30.4 Å². The molecule has 1 fully saturated rings. The SMILES string of the molecule is COc1ccc([C@H](CNC(=O)c2c(C)nn(Cc3ccccc3Cl)c2C)N2CCOCC2)cc1. The Morgan fingerprint density at radius 2 is 1.85 bits per heavy atom. The molecule has 2 aromatic carbocycles. The number of aromatic nitrogens is 2. The summed E-state index contributed by atoms with van der Waals surface area (Å²) < 4.78 is 12.7. The van der Waals surface area contributed by atoms with E-state index in [0.29, 0.717) is 42.6 Å². The van der Waals surface area contributed by atoms with Crippen LogP contribution in [0.5, 0.6) is 5.75 Å². The topological polar surface area (TPSA) is 68.6 Å². The van der Waals surface area contributed by atoms with Gasteiger partial charge < -0.3 is 14.8 Å². The highest BCUT2D eigenvalue weighted by Gasteiger charge is 2.25. The van der Waals surface area contributed by atoms with Crippen LogP contribution < -0.4 is 10.1 Å². The molecule has 1 N–H and O–H groups in total. The Kier molecular flexibility index (Phi) is 7.88. The van der Waals surface area contributed by atoms with E-state index in [1.54, 1.807) is 7.11 Å². The maximum atomic E-state index is 13.3. The van der Waals surface area contributed by atoms with Crippen molar-refractivity contribution in [1.82, 2.24) is 20.0 Å². The number of rotatable bonds is 8. The van der Waals surface area contributed by atoms with E-state index in [9.17, 15) is 4.79 Å². The van der Waals surface area contributed by atoms with E-state index < -0.39 is 0 Å². The fourth-order valence-electron chi connectivity index (χ4n) is 4.42. The predicted molar refractivity (Wildman–Crippen MR) is 133 cm³/mol. The van der Waals surface area contributed by atoms with E-state index in [1.165, 1.54) is 0 Å². The minimum absolute atomic E-state index is 0.0394. The lowest BCUT2D eigenvalue weighted by molar-refractivity contribution is 0.0162. The summed E-state index contributed by atoms with van der Waals surface area (Å²) in [6, 6.07) is 15.8. The van der Waals surface area contributed by atoms with Gasteiger partial charge in [-0.1, -0.05) is 41.9 Å². The lowest BCUT2D eigenvalue weighted by Gasteiger charge is -2.35. The number of methoxy groups -OCH3 is 1. The van der Waals surface area contributed by atoms with E-state index in [1.807, 2.05) is 54.9 Å². The molecule has 1 amide bonds. The van der Waals surface area contributed by atoms with Crippen molar-refractivity contribution >= 4 is 17.5 Å². The smallest absolute Gasteiger partial charge is 0.255 e. The first-order chi connectivity index (χ1) is 16.5. The maximum absolute atomic E-state index is 13.3. The van der Waals surface area contributed by atoms with Crippen LogP contribution in [-0.2, 0) is 11.3 Å². The molecule has 7 nitrogen and oxygen atoms in total. The number of hydrogen-bond acceptors (Lipinski definition) is 5. The highest BCUT2D eigenvalue weighted by molar-refractivity contribution is 6.31. The van der Waals surface area contributed by atoms with Gasteiger partial charge in [-0.2, -0.15) is 5.10 Å². The average Bonchev–Trinajstić information content (AvgIpc) is 3.14. The highest BCUT2D eigenvalue weighted by atomic mass is 35.5. The molecule has 8 heteroatoms. The number of benzene rings is 2. The first-order valence-corrected chi connectivity index (χ1v) is 11.9. The van der Waals surface area contributed by atoms with Crippen molar-refractivity contribution in [3.8, 4) is 5.75 Å². The van der Waals surface area contributed by atoms with Crippen LogP contribution in [0.1, 0.15) is 38.9 Å². The van der Waals surface area contributed by atoms with Gasteiger partial charge in [-0.15, -0.1) is 0 Å². The Hall–Kier alpha value is -2.87. The molecular formula is C26H31ClN4O3. The van der Waals surface area contributed by atoms with Crippen LogP contribution in [0.15, 0.2) is 48.5 Å². The van der Waals surface area contributed by atoms with E-state index in [4.69, 9.17) is 21.1 Å². The summed E-state index contributed by atoms with van der Waals surface area (Å²) in [5, 5.41) is 8.47. The van der Waals surface area contributed by atoms with Gasteiger partial charge in [-0.05, 0) is 43.2 Å². The fourth-order valence-corrected chi connectivity index (χ4v) is 4.61. The van der Waals surface area contributed by atoms with Crippen molar-refractivity contribution < 1.29 is 14.3 Å². The predicted octanol–water partition coefficient (Wildman–Crippen LogP) is 4.01. The molecule has 3 aromatic rings. The molecule has 180 valence electrons. The molecule has 0 bridgehead atoms. The van der Waals surface area contributed by atoms with Gasteiger partial charge in [0.2, 0.25) is 0 Å². The monoisotopic (exact) mass is 482 g/mol. The van der Waals surface area contributed by atoms with Gasteiger partial charge in [0.25, 0.3) is 5.91 Å². The molecule has 4 rings (SSSR count). The largest absolute Gasteiger partial charge is 0.497 e. The van der Waals surface area contributed by atoms with E-state index in [-0.39, 0.29) is 11.9 Å². The Morgan fingerprint density at radius 3 is 2.53 bits per heavy atom. The van der Waals surface area contributed by atoms with Crippen LogP contribution in [0.2, 0.25) is 5.02 Å². The number of amides is 1. The summed E-state index contributed by atoms with van der Waals surface area (Å²) in [6.45, 7) is 7.81. The molecule has 1 saturated heterocycles. The molecule has 2 heterocycles. The lowest BCUT2D eigenvalue weighted by atomic mass is 10.0. The normalized spacial score (nSPS) is 15.2. The second kappa shape index (κ2) is 11.0. The van der Waals surface area contributed by atoms with Crippen molar-refractivity contribution in [2.24, 2.45) is 0 Å². The number of morpholine rings is 1. The average molecular weight is 483 g/mol. The van der Waals surface area contributed by atoms with Crippen LogP contribution in [0, 0.1) is 13.8 Å². The second-order valence-electron chi connectivity index (χ2n) is 8.44. The van der Waals surface area contributed by atoms with Gasteiger partial charge in [-0.3, -0.25) is 14.4 Å². The molecule has 0 spiro atoms. The zero-order chi connectivity index (χ0) is 24.1. The van der Waals surface area contributed by atoms with Crippen LogP contribution >= 0.6 is 11.6 Å². The number of hydrogen-bond donors (Lipinski definition) is 1. The summed E-state index contributed by atoms with van der Waals surface area (Å²) in [5.41, 5.74) is 4.23. The minimum Gasteiger partial charge on any atom is -0.497 e. The number of carbonyl (C=O) groups excluding carboxylic acids is 1. The van der Waals surface area contributed by atoms with Gasteiger partial charge in [0.05, 0.1) is 44.2 Å². The Morgan fingerprint density at radius 1 is 1.15 bits per heavy atom. The summed E-state index contributed by atoms with van der Waals surface area (Å²) in [7, 11) is 1.66. The molecule has 1 atom stereocenters. The van der Waals surface area contributed by atoms with Gasteiger partial charge in [0.15, 0.2) is 0 Å². The van der Waals surface area contributed by atoms with Crippen LogP contribution in [0.25, 0.3) is 0 Å². The third-order valence-electron chi connectivity index (χ3n) is 6.33. The highest BCUT2D eigenvalue weighted by Crippen LogP contribution is 2.24. The Balaban J connectivity index is 1.51. The molecule has 1 aromatic heterocycles. The number of aryl methyl sites for hydroxylation is 1. The zero-order valence-electron chi connectivity index (χ0n) is 19.9. The Bertz CT molecular complexity index is 1120. The number of carbonyl (C=O) groups is 1. The summed E-state index contributed by atoms with van der Waals surface area (Å²) in [5.74, 6) is 0.692. The first-order valence-electron chi connectivity index (χ1n) is 11.5. The van der Waals surface area contributed by atoms with Crippen molar-refractivity contribution in [3.63, 3.8) is 0 Å². The van der Waals surface area contributed by atoms with Crippen molar-refractivity contribution in [2.75, 3.05) is 40.0 Å². The molecule has 1 aliphatic heterocycles. The van der Waals surface area contributed by atoms with Crippen molar-refractivity contribution in [1.29, 1.82) is 0 Å². The first kappa shape index (κ1) is 24.3. The maximum Gasteiger partial charge on any atom is 0.255 e. The third kappa shape index (κ3) is 5.43. The van der Waals surface area contributed by atoms with E-state index in [2.05, 4.69) is 27.4 Å². The number of nitrogens with one attached hydrogen (secondary N) is 1. The van der Waals surface area contributed by atoms with Crippen LogP contribution in [0.4, 0.5) is 0 Å². The molecule has 0 saturated carbocycles. The summed E-state index contributed by atoms with van der Waals surface area (Å²) in [6.07, 6.45) is 0. The Labute approximate surface area is 205 Å². The molecule has 34 heavy (non-hydrogen) atoms. The standard InChI is InChI=1S/C26H31ClN4O3/c1-18-25(19(2)31(29-18)17-21-6-4-5-7-23(21)27)26(32)28-16-24(30-12-14-34-15-13-30)20-8-10-22(33-3)11-9-20/h4-11,24H,12-17H2,1-3H3,(H,28,32)/t24-/m0/s1. The third-order valence-corrected chi connectivity index (χ3v) is 6.70. The molecule has 0 unspecified atom stereocenters. The summed E-state index contributed by atoms with van der Waals surface area (Å²) in [4.78, 5) is 15.6. The van der Waals surface area contributed by atoms with Crippen LogP contribution in [0.3, 0.4) is 0 Å². The fraction of sp³-hybridized carbons (Fsp3) is 0.385. The molecule has 1 aliphatic rings. The second-order valence-corrected chi connectivity index (χ2v) is 8.85. The van der Waals surface area contributed by atoms with Gasteiger partial charge in [0.1, 0.15) is 5.75 Å². The van der Waals surface area contributed by atoms with E-state index >= 15 is 0 Å². The molecular weight excluding hydrogens is 452 g/mol. The molecule has 0 radical (unpaired) electrons. The van der Waals surface area contributed by atoms with Gasteiger partial charge in [-0.25, -0.2) is 0 Å². The minimum atomic E-state index is -0.118.